The Morgan fingerprint density at radius 1 is 1.00 bits per heavy atom. The lowest BCUT2D eigenvalue weighted by molar-refractivity contribution is -0.135. The van der Waals surface area contributed by atoms with Crippen molar-refractivity contribution >= 4 is 23.5 Å². The monoisotopic (exact) mass is 384 g/mol. The predicted molar refractivity (Wildman–Crippen MR) is 106 cm³/mol. The summed E-state index contributed by atoms with van der Waals surface area (Å²) >= 11 is 0. The van der Waals surface area contributed by atoms with E-state index < -0.39 is 18.4 Å². The Morgan fingerprint density at radius 2 is 1.71 bits per heavy atom. The minimum atomic E-state index is -1.11. The van der Waals surface area contributed by atoms with Gasteiger partial charge in [-0.25, -0.2) is 0 Å². The van der Waals surface area contributed by atoms with Gasteiger partial charge in [0.1, 0.15) is 12.3 Å². The summed E-state index contributed by atoms with van der Waals surface area (Å²) in [6.07, 6.45) is 0.889. The normalized spacial score (nSPS) is 10.2. The third-order valence-electron chi connectivity index (χ3n) is 4.13. The first kappa shape index (κ1) is 21.0. The number of amides is 2. The van der Waals surface area contributed by atoms with Crippen LogP contribution in [0.25, 0.3) is 0 Å². The molecule has 0 aliphatic heterocycles. The number of carboxylic acids is 1. The van der Waals surface area contributed by atoms with Gasteiger partial charge in [-0.15, -0.1) is 0 Å². The van der Waals surface area contributed by atoms with Crippen LogP contribution in [0, 0.1) is 13.8 Å². The number of carboxylic acid groups (broad SMARTS) is 1. The van der Waals surface area contributed by atoms with E-state index in [-0.39, 0.29) is 5.91 Å². The number of aryl methyl sites for hydroxylation is 2. The molecule has 0 unspecified atom stereocenters. The van der Waals surface area contributed by atoms with Gasteiger partial charge >= 0.3 is 5.97 Å². The van der Waals surface area contributed by atoms with Crippen LogP contribution in [0.3, 0.4) is 0 Å². The van der Waals surface area contributed by atoms with Crippen LogP contribution in [-0.4, -0.2) is 36.0 Å². The molecule has 3 N–H and O–H groups in total. The second kappa shape index (κ2) is 10.1. The molecule has 2 aromatic rings. The molecule has 0 aromatic heterocycles. The van der Waals surface area contributed by atoms with Crippen LogP contribution in [0.5, 0.6) is 5.75 Å². The molecule has 0 heterocycles. The zero-order valence-corrected chi connectivity index (χ0v) is 16.0. The minimum Gasteiger partial charge on any atom is -0.494 e. The summed E-state index contributed by atoms with van der Waals surface area (Å²) < 4.78 is 5.66. The number of ether oxygens (including phenoxy) is 1. The van der Waals surface area contributed by atoms with Crippen molar-refractivity contribution in [1.29, 1.82) is 0 Å². The number of nitrogens with one attached hydrogen (secondary N) is 2. The molecule has 0 spiro atoms. The molecule has 7 nitrogen and oxygen atoms in total. The van der Waals surface area contributed by atoms with E-state index in [9.17, 15) is 14.4 Å². The van der Waals surface area contributed by atoms with E-state index >= 15 is 0 Å². The van der Waals surface area contributed by atoms with Crippen LogP contribution in [0.1, 0.15) is 34.3 Å². The van der Waals surface area contributed by atoms with Crippen LogP contribution in [0.2, 0.25) is 0 Å². The van der Waals surface area contributed by atoms with Gasteiger partial charge in [-0.1, -0.05) is 6.07 Å². The molecule has 28 heavy (non-hydrogen) atoms. The van der Waals surface area contributed by atoms with Crippen molar-refractivity contribution in [2.24, 2.45) is 0 Å². The Morgan fingerprint density at radius 3 is 2.36 bits per heavy atom. The first-order valence-electron chi connectivity index (χ1n) is 8.95. The van der Waals surface area contributed by atoms with E-state index in [4.69, 9.17) is 9.84 Å². The maximum atomic E-state index is 12.0. The van der Waals surface area contributed by atoms with Crippen molar-refractivity contribution in [3.05, 3.63) is 59.2 Å². The van der Waals surface area contributed by atoms with E-state index in [0.717, 1.165) is 11.3 Å². The van der Waals surface area contributed by atoms with Gasteiger partial charge in [-0.05, 0) is 67.8 Å². The highest BCUT2D eigenvalue weighted by Gasteiger charge is 2.08. The van der Waals surface area contributed by atoms with Crippen molar-refractivity contribution in [3.8, 4) is 5.75 Å². The molecule has 0 bridgehead atoms. The van der Waals surface area contributed by atoms with Crippen LogP contribution >= 0.6 is 0 Å². The van der Waals surface area contributed by atoms with Crippen LogP contribution < -0.4 is 15.4 Å². The van der Waals surface area contributed by atoms with Gasteiger partial charge in [0, 0.05) is 17.7 Å². The van der Waals surface area contributed by atoms with E-state index in [0.29, 0.717) is 30.7 Å². The second-order valence-corrected chi connectivity index (χ2v) is 6.40. The maximum Gasteiger partial charge on any atom is 0.322 e. The molecular formula is C21H24N2O5. The Kier molecular flexibility index (Phi) is 7.56. The van der Waals surface area contributed by atoms with Gasteiger partial charge in [0.05, 0.1) is 6.61 Å². The molecule has 2 amide bonds. The lowest BCUT2D eigenvalue weighted by Gasteiger charge is -2.09. The number of hydrogen-bond acceptors (Lipinski definition) is 4. The van der Waals surface area contributed by atoms with Gasteiger partial charge in [-0.3, -0.25) is 14.4 Å². The van der Waals surface area contributed by atoms with Gasteiger partial charge in [0.2, 0.25) is 5.91 Å². The molecule has 0 aliphatic carbocycles. The minimum absolute atomic E-state index is 0.147. The number of rotatable bonds is 9. The van der Waals surface area contributed by atoms with Crippen LogP contribution in [-0.2, 0) is 9.59 Å². The van der Waals surface area contributed by atoms with Crippen molar-refractivity contribution in [2.75, 3.05) is 18.5 Å². The first-order chi connectivity index (χ1) is 13.3. The van der Waals surface area contributed by atoms with Crippen molar-refractivity contribution in [1.82, 2.24) is 5.32 Å². The highest BCUT2D eigenvalue weighted by molar-refractivity contribution is 5.97. The predicted octanol–water partition coefficient (Wildman–Crippen LogP) is 2.92. The largest absolute Gasteiger partial charge is 0.494 e. The lowest BCUT2D eigenvalue weighted by Crippen LogP contribution is -2.29. The number of benzene rings is 2. The SMILES string of the molecule is Cc1ccc(OCCCC(=O)Nc2ccc(C(=O)NCC(=O)O)cc2)cc1C. The Labute approximate surface area is 163 Å². The number of carbonyl (C=O) groups is 3. The highest BCUT2D eigenvalue weighted by atomic mass is 16.5. The fourth-order valence-corrected chi connectivity index (χ4v) is 2.41. The van der Waals surface area contributed by atoms with E-state index in [2.05, 4.69) is 10.6 Å². The highest BCUT2D eigenvalue weighted by Crippen LogP contribution is 2.17. The standard InChI is InChI=1S/C21H24N2O5/c1-14-5-10-18(12-15(14)2)28-11-3-4-19(24)23-17-8-6-16(7-9-17)21(27)22-13-20(25)26/h5-10,12H,3-4,11,13H2,1-2H3,(H,22,27)(H,23,24)(H,25,26). The van der Waals surface area contributed by atoms with Gasteiger partial charge in [0.25, 0.3) is 5.91 Å². The molecule has 2 rings (SSSR count). The third kappa shape index (κ3) is 6.75. The van der Waals surface area contributed by atoms with Crippen LogP contribution in [0.4, 0.5) is 5.69 Å². The zero-order chi connectivity index (χ0) is 20.5. The average Bonchev–Trinajstić information content (AvgIpc) is 2.66. The summed E-state index contributed by atoms with van der Waals surface area (Å²) in [7, 11) is 0. The summed E-state index contributed by atoms with van der Waals surface area (Å²) in [4.78, 5) is 34.2. The quantitative estimate of drug-likeness (QED) is 0.577. The maximum absolute atomic E-state index is 12.0. The van der Waals surface area contributed by atoms with Gasteiger partial charge in [0.15, 0.2) is 0 Å². The Hall–Kier alpha value is -3.35. The number of anilines is 1. The van der Waals surface area contributed by atoms with Crippen LogP contribution in [0.15, 0.2) is 42.5 Å². The molecule has 7 heteroatoms. The molecular weight excluding hydrogens is 360 g/mol. The first-order valence-corrected chi connectivity index (χ1v) is 8.95. The van der Waals surface area contributed by atoms with E-state index in [1.54, 1.807) is 12.1 Å². The van der Waals surface area contributed by atoms with Gasteiger partial charge < -0.3 is 20.5 Å². The van der Waals surface area contributed by atoms with Crippen molar-refractivity contribution < 1.29 is 24.2 Å². The molecule has 0 saturated heterocycles. The summed E-state index contributed by atoms with van der Waals surface area (Å²) in [5.41, 5.74) is 3.25. The summed E-state index contributed by atoms with van der Waals surface area (Å²) in [5.74, 6) is -0.950. The van der Waals surface area contributed by atoms with Crippen molar-refractivity contribution in [3.63, 3.8) is 0 Å². The topological polar surface area (TPSA) is 105 Å². The van der Waals surface area contributed by atoms with E-state index in [1.807, 2.05) is 32.0 Å². The molecule has 0 saturated carbocycles. The van der Waals surface area contributed by atoms with E-state index in [1.165, 1.54) is 17.7 Å². The third-order valence-corrected chi connectivity index (χ3v) is 4.13. The molecule has 148 valence electrons. The molecule has 0 atom stereocenters. The molecule has 0 fully saturated rings. The Balaban J connectivity index is 1.72. The van der Waals surface area contributed by atoms with Gasteiger partial charge in [-0.2, -0.15) is 0 Å². The zero-order valence-electron chi connectivity index (χ0n) is 16.0. The smallest absolute Gasteiger partial charge is 0.322 e. The summed E-state index contributed by atoms with van der Waals surface area (Å²) in [6.45, 7) is 4.06. The lowest BCUT2D eigenvalue weighted by atomic mass is 10.1. The molecule has 0 radical (unpaired) electrons. The number of hydrogen-bond donors (Lipinski definition) is 3. The number of aliphatic carboxylic acids is 1. The summed E-state index contributed by atoms with van der Waals surface area (Å²) in [5, 5.41) is 13.6. The fraction of sp³-hybridized carbons (Fsp3) is 0.286. The molecule has 0 aliphatic rings. The molecule has 2 aromatic carbocycles. The fourth-order valence-electron chi connectivity index (χ4n) is 2.41. The number of carbonyl (C=O) groups excluding carboxylic acids is 2. The summed E-state index contributed by atoms with van der Waals surface area (Å²) in [6, 6.07) is 12.1. The average molecular weight is 384 g/mol. The Bertz CT molecular complexity index is 846. The second-order valence-electron chi connectivity index (χ2n) is 6.40. The van der Waals surface area contributed by atoms with Crippen molar-refractivity contribution in [2.45, 2.75) is 26.7 Å².